The van der Waals surface area contributed by atoms with Crippen molar-refractivity contribution in [3.05, 3.63) is 35.4 Å². The monoisotopic (exact) mass is 303 g/mol. The van der Waals surface area contributed by atoms with Crippen molar-refractivity contribution in [1.29, 1.82) is 0 Å². The van der Waals surface area contributed by atoms with Crippen LogP contribution in [-0.4, -0.2) is 32.0 Å². The molecule has 0 spiro atoms. The van der Waals surface area contributed by atoms with Gasteiger partial charge in [-0.25, -0.2) is 0 Å². The average Bonchev–Trinajstić information content (AvgIpc) is 3.03. The van der Waals surface area contributed by atoms with Gasteiger partial charge in [-0.15, -0.1) is 0 Å². The van der Waals surface area contributed by atoms with Crippen molar-refractivity contribution in [1.82, 2.24) is 24.9 Å². The van der Waals surface area contributed by atoms with Gasteiger partial charge in [0.1, 0.15) is 5.69 Å². The minimum atomic E-state index is -2.84. The van der Waals surface area contributed by atoms with Crippen molar-refractivity contribution in [2.45, 2.75) is 19.5 Å². The Hall–Kier alpha value is -1.96. The molecular formula is C11H12ClF2N5O. The van der Waals surface area contributed by atoms with Crippen LogP contribution in [0.25, 0.3) is 0 Å². The predicted octanol–water partition coefficient (Wildman–Crippen LogP) is 1.95. The number of alkyl halides is 2. The van der Waals surface area contributed by atoms with Crippen LogP contribution in [0.1, 0.15) is 23.5 Å². The summed E-state index contributed by atoms with van der Waals surface area (Å²) < 4.78 is 27.1. The first-order valence-corrected chi connectivity index (χ1v) is 6.23. The second-order valence-corrected chi connectivity index (χ2v) is 4.41. The van der Waals surface area contributed by atoms with E-state index in [1.54, 1.807) is 10.9 Å². The molecule has 6 nitrogen and oxygen atoms in total. The van der Waals surface area contributed by atoms with Crippen LogP contribution >= 0.6 is 11.6 Å². The van der Waals surface area contributed by atoms with Gasteiger partial charge in [0, 0.05) is 25.5 Å². The Bertz CT molecular complexity index is 583. The lowest BCUT2D eigenvalue weighted by molar-refractivity contribution is 0.0509. The summed E-state index contributed by atoms with van der Waals surface area (Å²) in [5.74, 6) is -0.582. The number of amides is 1. The Balaban J connectivity index is 1.79. The number of rotatable bonds is 6. The minimum absolute atomic E-state index is 0.165. The lowest BCUT2D eigenvalue weighted by Gasteiger charge is -2.07. The average molecular weight is 304 g/mol. The van der Waals surface area contributed by atoms with Crippen LogP contribution in [0.2, 0.25) is 5.02 Å². The van der Waals surface area contributed by atoms with Crippen LogP contribution < -0.4 is 5.32 Å². The molecule has 108 valence electrons. The highest BCUT2D eigenvalue weighted by molar-refractivity contribution is 6.30. The SMILES string of the molecule is O=C(NCCCn1cc(Cl)cn1)c1ccnn1C(F)F. The summed E-state index contributed by atoms with van der Waals surface area (Å²) in [6.07, 6.45) is 4.94. The molecule has 1 N–H and O–H groups in total. The lowest BCUT2D eigenvalue weighted by atomic mass is 10.3. The van der Waals surface area contributed by atoms with Gasteiger partial charge in [-0.1, -0.05) is 11.6 Å². The Morgan fingerprint density at radius 2 is 2.25 bits per heavy atom. The van der Waals surface area contributed by atoms with Crippen LogP contribution in [0.15, 0.2) is 24.7 Å². The van der Waals surface area contributed by atoms with Gasteiger partial charge in [0.05, 0.1) is 11.2 Å². The molecule has 0 fully saturated rings. The van der Waals surface area contributed by atoms with Crippen molar-refractivity contribution in [2.24, 2.45) is 0 Å². The van der Waals surface area contributed by atoms with E-state index in [1.165, 1.54) is 12.3 Å². The number of halogens is 3. The number of aryl methyl sites for hydroxylation is 1. The normalized spacial score (nSPS) is 11.0. The quantitative estimate of drug-likeness (QED) is 0.830. The van der Waals surface area contributed by atoms with Crippen LogP contribution in [0.4, 0.5) is 8.78 Å². The highest BCUT2D eigenvalue weighted by atomic mass is 35.5. The van der Waals surface area contributed by atoms with Gasteiger partial charge in [-0.2, -0.15) is 23.7 Å². The second kappa shape index (κ2) is 6.47. The first-order valence-electron chi connectivity index (χ1n) is 5.86. The molecule has 0 radical (unpaired) electrons. The largest absolute Gasteiger partial charge is 0.351 e. The smallest absolute Gasteiger partial charge is 0.333 e. The summed E-state index contributed by atoms with van der Waals surface area (Å²) in [4.78, 5) is 11.7. The summed E-state index contributed by atoms with van der Waals surface area (Å²) >= 11 is 5.70. The molecule has 2 aromatic rings. The molecule has 9 heteroatoms. The molecule has 2 rings (SSSR count). The second-order valence-electron chi connectivity index (χ2n) is 3.97. The summed E-state index contributed by atoms with van der Waals surface area (Å²) in [6, 6.07) is 1.24. The van der Waals surface area contributed by atoms with E-state index in [9.17, 15) is 13.6 Å². The zero-order valence-corrected chi connectivity index (χ0v) is 11.1. The molecular weight excluding hydrogens is 292 g/mol. The highest BCUT2D eigenvalue weighted by Crippen LogP contribution is 2.11. The molecule has 0 unspecified atom stereocenters. The predicted molar refractivity (Wildman–Crippen MR) is 67.7 cm³/mol. The molecule has 1 amide bonds. The maximum atomic E-state index is 12.5. The van der Waals surface area contributed by atoms with E-state index < -0.39 is 12.5 Å². The topological polar surface area (TPSA) is 64.7 Å². The first-order chi connectivity index (χ1) is 9.58. The number of nitrogens with zero attached hydrogens (tertiary/aromatic N) is 4. The van der Waals surface area contributed by atoms with E-state index in [4.69, 9.17) is 11.6 Å². The molecule has 2 heterocycles. The third-order valence-electron chi connectivity index (χ3n) is 2.54. The van der Waals surface area contributed by atoms with Gasteiger partial charge < -0.3 is 5.32 Å². The van der Waals surface area contributed by atoms with E-state index in [0.717, 1.165) is 6.20 Å². The first kappa shape index (κ1) is 14.4. The highest BCUT2D eigenvalue weighted by Gasteiger charge is 2.17. The fraction of sp³-hybridized carbons (Fsp3) is 0.364. The van der Waals surface area contributed by atoms with Gasteiger partial charge in [-0.3, -0.25) is 9.48 Å². The van der Waals surface area contributed by atoms with Crippen molar-refractivity contribution < 1.29 is 13.6 Å². The fourth-order valence-corrected chi connectivity index (χ4v) is 1.80. The Morgan fingerprint density at radius 3 is 2.90 bits per heavy atom. The van der Waals surface area contributed by atoms with Gasteiger partial charge in [0.25, 0.3) is 5.91 Å². The molecule has 0 bridgehead atoms. The van der Waals surface area contributed by atoms with E-state index in [2.05, 4.69) is 15.5 Å². The third kappa shape index (κ3) is 3.53. The third-order valence-corrected chi connectivity index (χ3v) is 2.73. The number of hydrogen-bond acceptors (Lipinski definition) is 3. The van der Waals surface area contributed by atoms with Gasteiger partial charge in [-0.05, 0) is 12.5 Å². The van der Waals surface area contributed by atoms with Crippen molar-refractivity contribution in [3.8, 4) is 0 Å². The molecule has 20 heavy (non-hydrogen) atoms. The number of nitrogens with one attached hydrogen (secondary N) is 1. The zero-order chi connectivity index (χ0) is 14.5. The van der Waals surface area contributed by atoms with Gasteiger partial charge in [0.15, 0.2) is 0 Å². The zero-order valence-electron chi connectivity index (χ0n) is 10.3. The maximum Gasteiger partial charge on any atom is 0.333 e. The molecule has 2 aromatic heterocycles. The Labute approximate surface area is 118 Å². The molecule has 0 aromatic carbocycles. The fourth-order valence-electron chi connectivity index (χ4n) is 1.64. The van der Waals surface area contributed by atoms with Crippen LogP contribution in [0.3, 0.4) is 0 Å². The Kier molecular flexibility index (Phi) is 4.67. The number of aromatic nitrogens is 4. The number of hydrogen-bond donors (Lipinski definition) is 1. The van der Waals surface area contributed by atoms with E-state index >= 15 is 0 Å². The standard InChI is InChI=1S/C11H12ClF2N5O/c12-8-6-17-18(7-8)5-1-3-15-10(20)9-2-4-16-19(9)11(13)14/h2,4,6-7,11H,1,3,5H2,(H,15,20). The molecule has 0 atom stereocenters. The van der Waals surface area contributed by atoms with Crippen LogP contribution in [-0.2, 0) is 6.54 Å². The molecule has 0 aliphatic rings. The minimum Gasteiger partial charge on any atom is -0.351 e. The van der Waals surface area contributed by atoms with Gasteiger partial charge in [0.2, 0.25) is 0 Å². The van der Waals surface area contributed by atoms with Crippen LogP contribution in [0, 0.1) is 0 Å². The van der Waals surface area contributed by atoms with Crippen molar-refractivity contribution in [2.75, 3.05) is 6.54 Å². The molecule has 0 aliphatic carbocycles. The molecule has 0 saturated carbocycles. The summed E-state index contributed by atoms with van der Waals surface area (Å²) in [5.41, 5.74) is -0.165. The van der Waals surface area contributed by atoms with E-state index in [-0.39, 0.29) is 5.69 Å². The summed E-state index contributed by atoms with van der Waals surface area (Å²) in [6.45, 7) is -1.93. The summed E-state index contributed by atoms with van der Waals surface area (Å²) in [5, 5.41) is 10.5. The number of carbonyl (C=O) groups is 1. The van der Waals surface area contributed by atoms with Gasteiger partial charge >= 0.3 is 6.55 Å². The molecule has 0 aliphatic heterocycles. The Morgan fingerprint density at radius 1 is 1.45 bits per heavy atom. The van der Waals surface area contributed by atoms with E-state index in [1.807, 2.05) is 0 Å². The van der Waals surface area contributed by atoms with Crippen molar-refractivity contribution in [3.63, 3.8) is 0 Å². The van der Waals surface area contributed by atoms with Crippen molar-refractivity contribution >= 4 is 17.5 Å². The van der Waals surface area contributed by atoms with Crippen LogP contribution in [0.5, 0.6) is 0 Å². The lowest BCUT2D eigenvalue weighted by Crippen LogP contribution is -2.28. The van der Waals surface area contributed by atoms with E-state index in [0.29, 0.717) is 29.2 Å². The number of carbonyl (C=O) groups excluding carboxylic acids is 1. The maximum absolute atomic E-state index is 12.5. The summed E-state index contributed by atoms with van der Waals surface area (Å²) in [7, 11) is 0. The molecule has 0 saturated heterocycles.